The minimum absolute atomic E-state index is 0.00726. The van der Waals surface area contributed by atoms with Crippen molar-refractivity contribution in [2.24, 2.45) is 0 Å². The lowest BCUT2D eigenvalue weighted by molar-refractivity contribution is -0.233. The third-order valence-electron chi connectivity index (χ3n) is 5.77. The molecule has 178 valence electrons. The number of fused-ring (bicyclic) bond motifs is 2. The Hall–Kier alpha value is -4.01. The number of esters is 3. The van der Waals surface area contributed by atoms with Crippen LogP contribution in [0.1, 0.15) is 31.1 Å². The topological polar surface area (TPSA) is 97.4 Å². The van der Waals surface area contributed by atoms with Gasteiger partial charge in [0.25, 0.3) is 0 Å². The van der Waals surface area contributed by atoms with E-state index in [2.05, 4.69) is 0 Å². The number of benzene rings is 3. The zero-order valence-corrected chi connectivity index (χ0v) is 18.5. The molecule has 0 spiro atoms. The summed E-state index contributed by atoms with van der Waals surface area (Å²) in [6.45, 7) is -0.00726. The van der Waals surface area contributed by atoms with Gasteiger partial charge in [0.05, 0.1) is 23.3 Å². The molecule has 3 aromatic rings. The molecule has 2 bridgehead atoms. The number of carbonyl (C=O) groups is 3. The molecule has 5 rings (SSSR count). The Morgan fingerprint density at radius 2 is 1.03 bits per heavy atom. The molecular weight excluding hydrogens is 452 g/mol. The van der Waals surface area contributed by atoms with Gasteiger partial charge in [-0.15, -0.1) is 0 Å². The molecule has 0 amide bonds. The van der Waals surface area contributed by atoms with Crippen molar-refractivity contribution in [3.63, 3.8) is 0 Å². The van der Waals surface area contributed by atoms with Crippen LogP contribution in [0.25, 0.3) is 0 Å². The van der Waals surface area contributed by atoms with Crippen LogP contribution in [-0.4, -0.2) is 55.2 Å². The molecule has 2 aliphatic heterocycles. The first kappa shape index (κ1) is 22.8. The van der Waals surface area contributed by atoms with Crippen molar-refractivity contribution < 1.29 is 38.1 Å². The molecule has 0 N–H and O–H groups in total. The van der Waals surface area contributed by atoms with E-state index in [0.717, 1.165) is 0 Å². The van der Waals surface area contributed by atoms with Gasteiger partial charge < -0.3 is 23.7 Å². The zero-order valence-electron chi connectivity index (χ0n) is 18.5. The Bertz CT molecular complexity index is 1180. The van der Waals surface area contributed by atoms with Crippen LogP contribution in [0.3, 0.4) is 0 Å². The largest absolute Gasteiger partial charge is 0.453 e. The Labute approximate surface area is 201 Å². The highest BCUT2D eigenvalue weighted by atomic mass is 16.8. The van der Waals surface area contributed by atoms with E-state index in [0.29, 0.717) is 16.7 Å². The van der Waals surface area contributed by atoms with Crippen molar-refractivity contribution >= 4 is 17.9 Å². The molecule has 2 heterocycles. The first-order valence-corrected chi connectivity index (χ1v) is 11.2. The third-order valence-corrected chi connectivity index (χ3v) is 5.77. The lowest BCUT2D eigenvalue weighted by Crippen LogP contribution is -2.46. The van der Waals surface area contributed by atoms with E-state index in [1.165, 1.54) is 0 Å². The van der Waals surface area contributed by atoms with Gasteiger partial charge in [-0.25, -0.2) is 14.4 Å². The van der Waals surface area contributed by atoms with Crippen molar-refractivity contribution in [1.82, 2.24) is 0 Å². The van der Waals surface area contributed by atoms with Crippen LogP contribution in [0.15, 0.2) is 91.0 Å². The molecule has 2 aliphatic rings. The number of hydrogen-bond acceptors (Lipinski definition) is 8. The highest BCUT2D eigenvalue weighted by molar-refractivity contribution is 5.91. The summed E-state index contributed by atoms with van der Waals surface area (Å²) in [7, 11) is 0. The van der Waals surface area contributed by atoms with Crippen molar-refractivity contribution in [2.75, 3.05) is 6.61 Å². The second-order valence-electron chi connectivity index (χ2n) is 8.08. The molecular formula is C27H22O8. The fraction of sp³-hybridized carbons (Fsp3) is 0.222. The molecule has 2 fully saturated rings. The summed E-state index contributed by atoms with van der Waals surface area (Å²) in [5.74, 6) is -1.81. The van der Waals surface area contributed by atoms with E-state index in [-0.39, 0.29) is 6.61 Å². The predicted molar refractivity (Wildman–Crippen MR) is 122 cm³/mol. The predicted octanol–water partition coefficient (Wildman–Crippen LogP) is 3.42. The smallest absolute Gasteiger partial charge is 0.338 e. The average Bonchev–Trinajstić information content (AvgIpc) is 3.18. The normalized spacial score (nSPS) is 24.9. The quantitative estimate of drug-likeness (QED) is 0.396. The zero-order chi connectivity index (χ0) is 24.2. The van der Waals surface area contributed by atoms with Crippen LogP contribution in [0, 0.1) is 0 Å². The molecule has 8 heteroatoms. The molecule has 1 unspecified atom stereocenters. The van der Waals surface area contributed by atoms with Crippen molar-refractivity contribution in [1.29, 1.82) is 0 Å². The van der Waals surface area contributed by atoms with Crippen LogP contribution >= 0.6 is 0 Å². The van der Waals surface area contributed by atoms with Gasteiger partial charge in [0.1, 0.15) is 6.10 Å². The van der Waals surface area contributed by atoms with Gasteiger partial charge in [-0.3, -0.25) is 0 Å². The number of rotatable bonds is 6. The lowest BCUT2D eigenvalue weighted by Gasteiger charge is -2.29. The first-order chi connectivity index (χ1) is 17.1. The maximum atomic E-state index is 12.9. The van der Waals surface area contributed by atoms with Crippen LogP contribution in [0.4, 0.5) is 0 Å². The number of ether oxygens (including phenoxy) is 5. The summed E-state index contributed by atoms with van der Waals surface area (Å²) < 4.78 is 28.7. The van der Waals surface area contributed by atoms with Crippen LogP contribution in [-0.2, 0) is 23.7 Å². The molecule has 5 atom stereocenters. The van der Waals surface area contributed by atoms with Crippen LogP contribution in [0.5, 0.6) is 0 Å². The maximum absolute atomic E-state index is 12.9. The minimum Gasteiger partial charge on any atom is -0.453 e. The fourth-order valence-corrected chi connectivity index (χ4v) is 4.04. The van der Waals surface area contributed by atoms with Crippen LogP contribution in [0.2, 0.25) is 0 Å². The standard InChI is InChI=1S/C27H22O8/c28-24(17-10-4-1-5-11-17)32-20-16-31-27-23(34-26(30)19-14-8-3-9-15-19)22(21(20)35-27)33-25(29)18-12-6-2-7-13-18/h1-15,20-23,27H,16H2/t20?,21-,22-,23+,27-/m1/s1. The lowest BCUT2D eigenvalue weighted by atomic mass is 10.1. The molecule has 2 saturated heterocycles. The number of carbonyl (C=O) groups excluding carboxylic acids is 3. The molecule has 0 aromatic heterocycles. The van der Waals surface area contributed by atoms with E-state index in [1.54, 1.807) is 91.0 Å². The highest BCUT2D eigenvalue weighted by Crippen LogP contribution is 2.36. The van der Waals surface area contributed by atoms with Crippen molar-refractivity contribution in [3.05, 3.63) is 108 Å². The Kier molecular flexibility index (Phi) is 6.56. The minimum atomic E-state index is -1.06. The molecule has 0 aliphatic carbocycles. The van der Waals surface area contributed by atoms with E-state index in [1.807, 2.05) is 0 Å². The molecule has 0 radical (unpaired) electrons. The molecule has 0 saturated carbocycles. The monoisotopic (exact) mass is 474 g/mol. The third kappa shape index (κ3) is 4.94. The molecule has 35 heavy (non-hydrogen) atoms. The van der Waals surface area contributed by atoms with Gasteiger partial charge >= 0.3 is 17.9 Å². The van der Waals surface area contributed by atoms with Gasteiger partial charge in [-0.2, -0.15) is 0 Å². The van der Waals surface area contributed by atoms with E-state index in [9.17, 15) is 14.4 Å². The summed E-state index contributed by atoms with van der Waals surface area (Å²) in [5.41, 5.74) is 1.01. The Morgan fingerprint density at radius 1 is 0.600 bits per heavy atom. The summed E-state index contributed by atoms with van der Waals surface area (Å²) in [5, 5.41) is 0. The Morgan fingerprint density at radius 3 is 1.51 bits per heavy atom. The van der Waals surface area contributed by atoms with Gasteiger partial charge in [0, 0.05) is 0 Å². The highest BCUT2D eigenvalue weighted by Gasteiger charge is 2.57. The van der Waals surface area contributed by atoms with Gasteiger partial charge in [-0.1, -0.05) is 54.6 Å². The van der Waals surface area contributed by atoms with Gasteiger partial charge in [-0.05, 0) is 36.4 Å². The van der Waals surface area contributed by atoms with E-state index >= 15 is 0 Å². The SMILES string of the molecule is O=C(OC1CO[C@@H]2O[C@H]1[C@@H](OC(=O)c1ccccc1)[C@@H]2OC(=O)c1ccccc1)c1ccccc1. The summed E-state index contributed by atoms with van der Waals surface area (Å²) >= 11 is 0. The first-order valence-electron chi connectivity index (χ1n) is 11.2. The Balaban J connectivity index is 1.38. The van der Waals surface area contributed by atoms with Gasteiger partial charge in [0.15, 0.2) is 24.6 Å². The summed E-state index contributed by atoms with van der Waals surface area (Å²) in [4.78, 5) is 38.3. The van der Waals surface area contributed by atoms with Crippen molar-refractivity contribution in [3.8, 4) is 0 Å². The van der Waals surface area contributed by atoms with Crippen LogP contribution < -0.4 is 0 Å². The average molecular weight is 474 g/mol. The number of hydrogen-bond donors (Lipinski definition) is 0. The van der Waals surface area contributed by atoms with Gasteiger partial charge in [0.2, 0.25) is 0 Å². The second kappa shape index (κ2) is 10.1. The second-order valence-corrected chi connectivity index (χ2v) is 8.08. The molecule has 3 aromatic carbocycles. The maximum Gasteiger partial charge on any atom is 0.338 e. The van der Waals surface area contributed by atoms with E-state index in [4.69, 9.17) is 23.7 Å². The summed E-state index contributed by atoms with van der Waals surface area (Å²) in [6, 6.07) is 25.3. The van der Waals surface area contributed by atoms with E-state index < -0.39 is 48.6 Å². The molecule has 8 nitrogen and oxygen atoms in total. The summed E-state index contributed by atoms with van der Waals surface area (Å²) in [6.07, 6.45) is -4.86. The fourth-order valence-electron chi connectivity index (χ4n) is 4.04. The van der Waals surface area contributed by atoms with Crippen molar-refractivity contribution in [2.45, 2.75) is 30.7 Å².